The molecule has 1 atom stereocenters. The maximum Gasteiger partial charge on any atom is 0.254 e. The van der Waals surface area contributed by atoms with Crippen molar-refractivity contribution < 1.29 is 4.39 Å². The summed E-state index contributed by atoms with van der Waals surface area (Å²) in [6, 6.07) is 12.4. The van der Waals surface area contributed by atoms with Gasteiger partial charge in [0.25, 0.3) is 5.78 Å². The van der Waals surface area contributed by atoms with Crippen molar-refractivity contribution in [3.8, 4) is 0 Å². The molecule has 0 bridgehead atoms. The Labute approximate surface area is 141 Å². The third-order valence-corrected chi connectivity index (χ3v) is 4.64. The van der Waals surface area contributed by atoms with Gasteiger partial charge in [0.05, 0.1) is 6.04 Å². The van der Waals surface area contributed by atoms with Crippen LogP contribution in [0.3, 0.4) is 0 Å². The van der Waals surface area contributed by atoms with Crippen molar-refractivity contribution >= 4 is 22.9 Å². The fourth-order valence-corrected chi connectivity index (χ4v) is 3.41. The quantitative estimate of drug-likeness (QED) is 0.614. The summed E-state index contributed by atoms with van der Waals surface area (Å²) in [5.74, 6) is 1.08. The van der Waals surface area contributed by atoms with Gasteiger partial charge in [-0.3, -0.25) is 0 Å². The van der Waals surface area contributed by atoms with Crippen molar-refractivity contribution in [2.75, 3.05) is 5.32 Å². The van der Waals surface area contributed by atoms with Crippen LogP contribution in [0.25, 0.3) is 5.78 Å². The average molecular weight is 339 g/mol. The summed E-state index contributed by atoms with van der Waals surface area (Å²) in [4.78, 5) is 9.63. The van der Waals surface area contributed by atoms with E-state index < -0.39 is 0 Å². The first-order chi connectivity index (χ1) is 11.7. The molecule has 4 rings (SSSR count). The fraction of sp³-hybridized carbons (Fsp3) is 0.118. The number of rotatable bonds is 4. The van der Waals surface area contributed by atoms with E-state index in [2.05, 4.69) is 26.4 Å². The third kappa shape index (κ3) is 2.74. The second-order valence-corrected chi connectivity index (χ2v) is 6.38. The van der Waals surface area contributed by atoms with Crippen molar-refractivity contribution in [1.29, 1.82) is 0 Å². The summed E-state index contributed by atoms with van der Waals surface area (Å²) in [7, 11) is 0. The number of nitrogens with one attached hydrogen (secondary N) is 1. The molecule has 0 radical (unpaired) electrons. The number of hydrogen-bond acceptors (Lipinski definition) is 5. The van der Waals surface area contributed by atoms with Crippen LogP contribution < -0.4 is 5.32 Å². The Bertz CT molecular complexity index is 962. The van der Waals surface area contributed by atoms with Crippen LogP contribution in [0.15, 0.2) is 54.2 Å². The van der Waals surface area contributed by atoms with Gasteiger partial charge >= 0.3 is 0 Å². The first-order valence-electron chi connectivity index (χ1n) is 7.43. The molecule has 0 saturated heterocycles. The minimum atomic E-state index is -0.248. The molecule has 0 aliphatic rings. The number of anilines is 1. The second-order valence-electron chi connectivity index (χ2n) is 5.40. The molecule has 3 heterocycles. The molecule has 120 valence electrons. The zero-order chi connectivity index (χ0) is 16.5. The molecule has 1 N–H and O–H groups in total. The lowest BCUT2D eigenvalue weighted by Gasteiger charge is -2.20. The lowest BCUT2D eigenvalue weighted by atomic mass is 10.1. The molecule has 4 aromatic rings. The minimum absolute atomic E-state index is 0.111. The van der Waals surface area contributed by atoms with Crippen molar-refractivity contribution in [2.45, 2.75) is 13.0 Å². The van der Waals surface area contributed by atoms with Crippen LogP contribution in [0.4, 0.5) is 10.2 Å². The maximum atomic E-state index is 13.3. The Morgan fingerprint density at radius 2 is 2.04 bits per heavy atom. The Morgan fingerprint density at radius 1 is 1.21 bits per heavy atom. The molecule has 0 saturated carbocycles. The highest BCUT2D eigenvalue weighted by Gasteiger charge is 2.17. The highest BCUT2D eigenvalue weighted by atomic mass is 32.1. The van der Waals surface area contributed by atoms with Gasteiger partial charge in [-0.2, -0.15) is 14.6 Å². The van der Waals surface area contributed by atoms with Crippen LogP contribution in [-0.2, 0) is 0 Å². The lowest BCUT2D eigenvalue weighted by molar-refractivity contribution is 0.626. The van der Waals surface area contributed by atoms with Gasteiger partial charge in [-0.25, -0.2) is 9.37 Å². The SMILES string of the molecule is Cc1cc(N[C@H](c2ccc(F)cc2)c2cccs2)n2ncnc2n1. The molecule has 0 aliphatic heterocycles. The van der Waals surface area contributed by atoms with E-state index in [4.69, 9.17) is 0 Å². The molecule has 5 nitrogen and oxygen atoms in total. The molecule has 0 fully saturated rings. The molecule has 3 aromatic heterocycles. The molecular weight excluding hydrogens is 325 g/mol. The van der Waals surface area contributed by atoms with E-state index in [1.165, 1.54) is 18.5 Å². The van der Waals surface area contributed by atoms with Crippen LogP contribution >= 0.6 is 11.3 Å². The highest BCUT2D eigenvalue weighted by Crippen LogP contribution is 2.30. The normalized spacial score (nSPS) is 12.4. The minimum Gasteiger partial charge on any atom is -0.358 e. The lowest BCUT2D eigenvalue weighted by Crippen LogP contribution is -2.14. The standard InChI is InChI=1S/C17H14FN5S/c1-11-9-15(23-17(21-11)19-10-20-23)22-16(14-3-2-8-24-14)12-4-6-13(18)7-5-12/h2-10,16,22H,1H3/t16-/m1/s1. The van der Waals surface area contributed by atoms with E-state index >= 15 is 0 Å². The summed E-state index contributed by atoms with van der Waals surface area (Å²) in [6.45, 7) is 1.91. The van der Waals surface area contributed by atoms with Gasteiger partial charge in [0.2, 0.25) is 0 Å². The number of thiophene rings is 1. The predicted molar refractivity (Wildman–Crippen MR) is 91.7 cm³/mol. The monoisotopic (exact) mass is 339 g/mol. The molecule has 24 heavy (non-hydrogen) atoms. The summed E-state index contributed by atoms with van der Waals surface area (Å²) in [6.07, 6.45) is 1.48. The number of aryl methyl sites for hydroxylation is 1. The van der Waals surface area contributed by atoms with E-state index in [1.807, 2.05) is 24.4 Å². The smallest absolute Gasteiger partial charge is 0.254 e. The van der Waals surface area contributed by atoms with Gasteiger partial charge in [0.1, 0.15) is 18.0 Å². The third-order valence-electron chi connectivity index (χ3n) is 3.70. The van der Waals surface area contributed by atoms with Crippen molar-refractivity contribution in [3.63, 3.8) is 0 Å². The average Bonchev–Trinajstić information content (AvgIpc) is 3.24. The van der Waals surface area contributed by atoms with E-state index in [0.717, 1.165) is 22.0 Å². The van der Waals surface area contributed by atoms with Gasteiger partial charge in [0, 0.05) is 16.6 Å². The number of hydrogen-bond donors (Lipinski definition) is 1. The largest absolute Gasteiger partial charge is 0.358 e. The first kappa shape index (κ1) is 14.8. The number of benzene rings is 1. The van der Waals surface area contributed by atoms with Crippen LogP contribution in [0, 0.1) is 12.7 Å². The summed E-state index contributed by atoms with van der Waals surface area (Å²) in [5.41, 5.74) is 1.82. The van der Waals surface area contributed by atoms with Gasteiger partial charge in [-0.05, 0) is 36.1 Å². The van der Waals surface area contributed by atoms with E-state index in [0.29, 0.717) is 5.78 Å². The van der Waals surface area contributed by atoms with E-state index in [9.17, 15) is 4.39 Å². The Balaban J connectivity index is 1.79. The number of halogens is 1. The van der Waals surface area contributed by atoms with Crippen LogP contribution in [0.5, 0.6) is 0 Å². The van der Waals surface area contributed by atoms with E-state index in [1.54, 1.807) is 28.0 Å². The Morgan fingerprint density at radius 3 is 2.79 bits per heavy atom. The summed E-state index contributed by atoms with van der Waals surface area (Å²) < 4.78 is 15.0. The molecule has 0 spiro atoms. The fourth-order valence-electron chi connectivity index (χ4n) is 2.61. The summed E-state index contributed by atoms with van der Waals surface area (Å²) >= 11 is 1.64. The molecule has 0 aliphatic carbocycles. The first-order valence-corrected chi connectivity index (χ1v) is 8.31. The topological polar surface area (TPSA) is 55.1 Å². The van der Waals surface area contributed by atoms with Gasteiger partial charge in [-0.1, -0.05) is 18.2 Å². The number of fused-ring (bicyclic) bond motifs is 1. The van der Waals surface area contributed by atoms with Gasteiger partial charge < -0.3 is 5.32 Å². The van der Waals surface area contributed by atoms with Crippen molar-refractivity contribution in [2.24, 2.45) is 0 Å². The highest BCUT2D eigenvalue weighted by molar-refractivity contribution is 7.10. The molecule has 1 aromatic carbocycles. The Kier molecular flexibility index (Phi) is 3.70. The van der Waals surface area contributed by atoms with Crippen molar-refractivity contribution in [1.82, 2.24) is 19.6 Å². The van der Waals surface area contributed by atoms with Gasteiger partial charge in [0.15, 0.2) is 0 Å². The van der Waals surface area contributed by atoms with Crippen LogP contribution in [-0.4, -0.2) is 19.6 Å². The predicted octanol–water partition coefficient (Wildman–Crippen LogP) is 3.83. The number of aromatic nitrogens is 4. The van der Waals surface area contributed by atoms with Crippen molar-refractivity contribution in [3.05, 3.63) is 76.1 Å². The number of nitrogens with zero attached hydrogens (tertiary/aromatic N) is 4. The van der Waals surface area contributed by atoms with Crippen LogP contribution in [0.2, 0.25) is 0 Å². The maximum absolute atomic E-state index is 13.3. The van der Waals surface area contributed by atoms with Crippen LogP contribution in [0.1, 0.15) is 22.2 Å². The van der Waals surface area contributed by atoms with E-state index in [-0.39, 0.29) is 11.9 Å². The second kappa shape index (κ2) is 6.01. The zero-order valence-corrected chi connectivity index (χ0v) is 13.7. The Hall–Kier alpha value is -2.80. The zero-order valence-electron chi connectivity index (χ0n) is 12.8. The molecule has 0 unspecified atom stereocenters. The molecule has 0 amide bonds. The van der Waals surface area contributed by atoms with Gasteiger partial charge in [-0.15, -0.1) is 11.3 Å². The molecular formula is C17H14FN5S. The molecule has 7 heteroatoms. The summed E-state index contributed by atoms with van der Waals surface area (Å²) in [5, 5.41) is 9.75.